The molecule has 0 aromatic heterocycles. The fourth-order valence-electron chi connectivity index (χ4n) is 7.52. The fourth-order valence-corrected chi connectivity index (χ4v) is 7.52. The van der Waals surface area contributed by atoms with E-state index in [0.29, 0.717) is 0 Å². The van der Waals surface area contributed by atoms with Crippen LogP contribution in [0.5, 0.6) is 0 Å². The highest BCUT2D eigenvalue weighted by molar-refractivity contribution is 6.23. The normalized spacial score (nSPS) is 11.7. The molecule has 0 amide bonds. The van der Waals surface area contributed by atoms with Gasteiger partial charge in [-0.15, -0.1) is 0 Å². The molecule has 0 N–H and O–H groups in total. The van der Waals surface area contributed by atoms with Gasteiger partial charge in [-0.05, 0) is 112 Å². The zero-order valence-electron chi connectivity index (χ0n) is 25.1. The van der Waals surface area contributed by atoms with Gasteiger partial charge in [-0.25, -0.2) is 0 Å². The second-order valence-electron chi connectivity index (χ2n) is 12.1. The van der Waals surface area contributed by atoms with Gasteiger partial charge < -0.3 is 0 Å². The average Bonchev–Trinajstić information content (AvgIpc) is 3.10. The molecule has 0 radical (unpaired) electrons. The molecule has 0 bridgehead atoms. The Bertz CT molecular complexity index is 2540. The van der Waals surface area contributed by atoms with E-state index in [2.05, 4.69) is 171 Å². The van der Waals surface area contributed by atoms with Gasteiger partial charge in [0.15, 0.2) is 0 Å². The second-order valence-corrected chi connectivity index (χ2v) is 12.1. The van der Waals surface area contributed by atoms with E-state index in [-0.39, 0.29) is 0 Å². The van der Waals surface area contributed by atoms with Crippen LogP contribution >= 0.6 is 0 Å². The van der Waals surface area contributed by atoms with Gasteiger partial charge in [0.05, 0.1) is 0 Å². The summed E-state index contributed by atoms with van der Waals surface area (Å²) < 4.78 is 0. The molecule has 0 saturated carbocycles. The maximum absolute atomic E-state index is 2.42. The molecule has 0 unspecified atom stereocenters. The number of fused-ring (bicyclic) bond motifs is 6. The molecule has 0 nitrogen and oxygen atoms in total. The van der Waals surface area contributed by atoms with E-state index in [1.165, 1.54) is 92.8 Å². The van der Waals surface area contributed by atoms with Crippen LogP contribution in [0.4, 0.5) is 0 Å². The van der Waals surface area contributed by atoms with Crippen LogP contribution in [0.25, 0.3) is 87.2 Å². The zero-order chi connectivity index (χ0) is 29.9. The summed E-state index contributed by atoms with van der Waals surface area (Å²) in [6.45, 7) is 2.22. The van der Waals surface area contributed by atoms with Crippen LogP contribution in [0, 0.1) is 6.92 Å². The minimum atomic E-state index is 1.24. The molecule has 0 saturated heterocycles. The molecule has 0 spiro atoms. The molecular formula is C45H30. The van der Waals surface area contributed by atoms with Crippen LogP contribution in [-0.4, -0.2) is 0 Å². The van der Waals surface area contributed by atoms with Gasteiger partial charge in [-0.1, -0.05) is 152 Å². The van der Waals surface area contributed by atoms with E-state index >= 15 is 0 Å². The first-order valence-electron chi connectivity index (χ1n) is 15.7. The first-order chi connectivity index (χ1) is 22.3. The van der Waals surface area contributed by atoms with Crippen molar-refractivity contribution >= 4 is 53.9 Å². The molecule has 45 heavy (non-hydrogen) atoms. The number of hydrogen-bond donors (Lipinski definition) is 0. The molecular weight excluding hydrogens is 540 g/mol. The molecule has 0 heterocycles. The first-order valence-corrected chi connectivity index (χ1v) is 15.7. The molecule has 0 aliphatic heterocycles. The Morgan fingerprint density at radius 1 is 0.289 bits per heavy atom. The van der Waals surface area contributed by atoms with E-state index in [1.54, 1.807) is 0 Å². The van der Waals surface area contributed by atoms with E-state index < -0.39 is 0 Å². The zero-order valence-corrected chi connectivity index (χ0v) is 25.1. The molecule has 0 fully saturated rings. The predicted molar refractivity (Wildman–Crippen MR) is 195 cm³/mol. The predicted octanol–water partition coefficient (Wildman–Crippen LogP) is 12.8. The van der Waals surface area contributed by atoms with Crippen molar-refractivity contribution in [1.82, 2.24) is 0 Å². The van der Waals surface area contributed by atoms with Crippen LogP contribution < -0.4 is 0 Å². The van der Waals surface area contributed by atoms with E-state index in [4.69, 9.17) is 0 Å². The molecule has 9 aromatic rings. The molecule has 0 aliphatic rings. The summed E-state index contributed by atoms with van der Waals surface area (Å²) in [5.74, 6) is 0. The van der Waals surface area contributed by atoms with Crippen molar-refractivity contribution in [1.29, 1.82) is 0 Å². The van der Waals surface area contributed by atoms with Crippen LogP contribution in [0.1, 0.15) is 5.56 Å². The summed E-state index contributed by atoms with van der Waals surface area (Å²) >= 11 is 0. The van der Waals surface area contributed by atoms with Crippen molar-refractivity contribution < 1.29 is 0 Å². The van der Waals surface area contributed by atoms with Crippen LogP contribution in [0.3, 0.4) is 0 Å². The first kappa shape index (κ1) is 25.7. The second kappa shape index (κ2) is 10.2. The Hall–Kier alpha value is -5.72. The van der Waals surface area contributed by atoms with E-state index in [9.17, 15) is 0 Å². The summed E-state index contributed by atoms with van der Waals surface area (Å²) in [6, 6.07) is 60.3. The lowest BCUT2D eigenvalue weighted by molar-refractivity contribution is 1.47. The Kier molecular flexibility index (Phi) is 5.83. The molecule has 0 heteroatoms. The largest absolute Gasteiger partial charge is 0.0620 e. The monoisotopic (exact) mass is 570 g/mol. The maximum atomic E-state index is 2.42. The standard InChI is InChI=1S/C45H30/c1-29-13-2-4-16-33(29)45-40-22-10-8-20-38(40)44(39-21-9-11-23-41(39)45)32-26-25-31-27-43(37-19-7-6-18-36(37)42(31)28-32)35-24-12-15-30-14-3-5-17-34(30)35/h2-28H,1H3. The summed E-state index contributed by atoms with van der Waals surface area (Å²) in [4.78, 5) is 0. The lowest BCUT2D eigenvalue weighted by Gasteiger charge is -2.19. The minimum Gasteiger partial charge on any atom is -0.0620 e. The molecule has 0 atom stereocenters. The van der Waals surface area contributed by atoms with Crippen molar-refractivity contribution in [2.75, 3.05) is 0 Å². The Labute approximate surface area is 262 Å². The summed E-state index contributed by atoms with van der Waals surface area (Å²) in [5.41, 5.74) is 8.99. The van der Waals surface area contributed by atoms with Crippen LogP contribution in [-0.2, 0) is 0 Å². The smallest absolute Gasteiger partial charge is 0.00237 e. The summed E-state index contributed by atoms with van der Waals surface area (Å²) in [6.07, 6.45) is 0. The maximum Gasteiger partial charge on any atom is -0.00237 e. The summed E-state index contributed by atoms with van der Waals surface area (Å²) in [5, 5.41) is 12.8. The third-order valence-electron chi connectivity index (χ3n) is 9.57. The number of rotatable bonds is 3. The topological polar surface area (TPSA) is 0 Å². The van der Waals surface area contributed by atoms with Gasteiger partial charge in [-0.3, -0.25) is 0 Å². The van der Waals surface area contributed by atoms with Gasteiger partial charge in [-0.2, -0.15) is 0 Å². The quantitative estimate of drug-likeness (QED) is 0.146. The van der Waals surface area contributed by atoms with Crippen LogP contribution in [0.15, 0.2) is 164 Å². The van der Waals surface area contributed by atoms with E-state index in [1.807, 2.05) is 0 Å². The van der Waals surface area contributed by atoms with Crippen molar-refractivity contribution in [2.24, 2.45) is 0 Å². The number of aryl methyl sites for hydroxylation is 1. The highest BCUT2D eigenvalue weighted by Crippen LogP contribution is 2.46. The minimum absolute atomic E-state index is 1.24. The number of benzene rings is 9. The van der Waals surface area contributed by atoms with Crippen molar-refractivity contribution in [3.8, 4) is 33.4 Å². The number of hydrogen-bond acceptors (Lipinski definition) is 0. The van der Waals surface area contributed by atoms with Crippen LogP contribution in [0.2, 0.25) is 0 Å². The SMILES string of the molecule is Cc1ccccc1-c1c2ccccc2c(-c2ccc3cc(-c4cccc5ccccc45)c4ccccc4c3c2)c2ccccc12. The van der Waals surface area contributed by atoms with Gasteiger partial charge in [0.25, 0.3) is 0 Å². The lowest BCUT2D eigenvalue weighted by Crippen LogP contribution is -1.92. The lowest BCUT2D eigenvalue weighted by atomic mass is 9.84. The van der Waals surface area contributed by atoms with Gasteiger partial charge in [0, 0.05) is 0 Å². The highest BCUT2D eigenvalue weighted by Gasteiger charge is 2.18. The average molecular weight is 571 g/mol. The molecule has 210 valence electrons. The van der Waals surface area contributed by atoms with Gasteiger partial charge >= 0.3 is 0 Å². The molecule has 9 rings (SSSR count). The van der Waals surface area contributed by atoms with Crippen molar-refractivity contribution in [3.63, 3.8) is 0 Å². The molecule has 9 aromatic carbocycles. The Morgan fingerprint density at radius 3 is 1.53 bits per heavy atom. The van der Waals surface area contributed by atoms with E-state index in [0.717, 1.165) is 0 Å². The van der Waals surface area contributed by atoms with Crippen molar-refractivity contribution in [3.05, 3.63) is 169 Å². The fraction of sp³-hybridized carbons (Fsp3) is 0.0222. The summed E-state index contributed by atoms with van der Waals surface area (Å²) in [7, 11) is 0. The van der Waals surface area contributed by atoms with Gasteiger partial charge in [0.2, 0.25) is 0 Å². The third kappa shape index (κ3) is 4.00. The Balaban J connectivity index is 1.35. The van der Waals surface area contributed by atoms with Crippen molar-refractivity contribution in [2.45, 2.75) is 6.92 Å². The highest BCUT2D eigenvalue weighted by atomic mass is 14.2. The third-order valence-corrected chi connectivity index (χ3v) is 9.57. The van der Waals surface area contributed by atoms with Gasteiger partial charge in [0.1, 0.15) is 0 Å². The molecule has 0 aliphatic carbocycles. The Morgan fingerprint density at radius 2 is 0.822 bits per heavy atom.